The summed E-state index contributed by atoms with van der Waals surface area (Å²) in [5.74, 6) is 0.640. The highest BCUT2D eigenvalue weighted by atomic mass is 35.5. The van der Waals surface area contributed by atoms with Gasteiger partial charge in [-0.25, -0.2) is 8.42 Å². The van der Waals surface area contributed by atoms with Gasteiger partial charge in [-0.3, -0.25) is 4.79 Å². The molecule has 1 heterocycles. The molecule has 0 saturated carbocycles. The molecule has 1 amide bonds. The molecule has 0 saturated heterocycles. The molecule has 1 aromatic heterocycles. The second-order valence-corrected chi connectivity index (χ2v) is 9.82. The van der Waals surface area contributed by atoms with E-state index in [1.54, 1.807) is 53.9 Å². The molecule has 2 aromatic carbocycles. The molecule has 0 aliphatic heterocycles. The van der Waals surface area contributed by atoms with Gasteiger partial charge in [-0.15, -0.1) is 11.3 Å². The Labute approximate surface area is 184 Å². The molecule has 0 fully saturated rings. The van der Waals surface area contributed by atoms with Gasteiger partial charge < -0.3 is 14.8 Å². The number of sulfone groups is 1. The summed E-state index contributed by atoms with van der Waals surface area (Å²) >= 11 is 7.14. The van der Waals surface area contributed by atoms with Gasteiger partial charge in [-0.1, -0.05) is 17.7 Å². The van der Waals surface area contributed by atoms with Crippen LogP contribution in [0.25, 0.3) is 0 Å². The predicted octanol–water partition coefficient (Wildman–Crippen LogP) is 4.12. The summed E-state index contributed by atoms with van der Waals surface area (Å²) in [5.41, 5.74) is 0. The lowest BCUT2D eigenvalue weighted by molar-refractivity contribution is -0.123. The van der Waals surface area contributed by atoms with Crippen LogP contribution in [0.2, 0.25) is 5.02 Å². The monoisotopic (exact) mass is 465 g/mol. The number of ether oxygens (including phenoxy) is 2. The fourth-order valence-electron chi connectivity index (χ4n) is 2.70. The lowest BCUT2D eigenvalue weighted by atomic mass is 10.3. The summed E-state index contributed by atoms with van der Waals surface area (Å²) in [5, 5.41) is 4.12. The van der Waals surface area contributed by atoms with Crippen molar-refractivity contribution in [3.05, 3.63) is 75.9 Å². The van der Waals surface area contributed by atoms with Crippen molar-refractivity contribution in [3.63, 3.8) is 0 Å². The SMILES string of the molecule is COc1ccc(S(=O)(=O)[C@@H](CNC(=O)COc2ccc(Cl)cc2)c2cccs2)cc1. The van der Waals surface area contributed by atoms with Gasteiger partial charge in [0.1, 0.15) is 16.7 Å². The highest BCUT2D eigenvalue weighted by molar-refractivity contribution is 7.91. The van der Waals surface area contributed by atoms with E-state index >= 15 is 0 Å². The number of halogens is 1. The van der Waals surface area contributed by atoms with E-state index < -0.39 is 21.0 Å². The highest BCUT2D eigenvalue weighted by Gasteiger charge is 2.30. The Morgan fingerprint density at radius 1 is 1.07 bits per heavy atom. The zero-order valence-corrected chi connectivity index (χ0v) is 18.5. The van der Waals surface area contributed by atoms with E-state index in [-0.39, 0.29) is 18.0 Å². The summed E-state index contributed by atoms with van der Waals surface area (Å²) in [6.07, 6.45) is 0. The maximum absolute atomic E-state index is 13.2. The second-order valence-electron chi connectivity index (χ2n) is 6.27. The Hall–Kier alpha value is -2.55. The minimum absolute atomic E-state index is 0.0717. The molecule has 158 valence electrons. The van der Waals surface area contributed by atoms with Crippen LogP contribution in [-0.2, 0) is 14.6 Å². The van der Waals surface area contributed by atoms with Gasteiger partial charge in [0.2, 0.25) is 0 Å². The lowest BCUT2D eigenvalue weighted by Gasteiger charge is -2.18. The van der Waals surface area contributed by atoms with Crippen molar-refractivity contribution in [1.82, 2.24) is 5.32 Å². The molecule has 0 spiro atoms. The average Bonchev–Trinajstić information content (AvgIpc) is 3.27. The second kappa shape index (κ2) is 9.97. The first-order valence-electron chi connectivity index (χ1n) is 8.96. The third-order valence-corrected chi connectivity index (χ3v) is 7.78. The quantitative estimate of drug-likeness (QED) is 0.514. The number of rotatable bonds is 9. The lowest BCUT2D eigenvalue weighted by Crippen LogP contribution is -2.34. The van der Waals surface area contributed by atoms with Crippen LogP contribution in [0.1, 0.15) is 10.1 Å². The first-order chi connectivity index (χ1) is 14.4. The van der Waals surface area contributed by atoms with Gasteiger partial charge in [0, 0.05) is 16.4 Å². The zero-order chi connectivity index (χ0) is 21.6. The van der Waals surface area contributed by atoms with Crippen LogP contribution in [0.3, 0.4) is 0 Å². The smallest absolute Gasteiger partial charge is 0.257 e. The minimum atomic E-state index is -3.73. The van der Waals surface area contributed by atoms with E-state index in [4.69, 9.17) is 21.1 Å². The Bertz CT molecular complexity index is 1070. The topological polar surface area (TPSA) is 81.7 Å². The largest absolute Gasteiger partial charge is 0.497 e. The Morgan fingerprint density at radius 2 is 1.73 bits per heavy atom. The van der Waals surface area contributed by atoms with Crippen LogP contribution < -0.4 is 14.8 Å². The van der Waals surface area contributed by atoms with E-state index in [1.165, 1.54) is 30.6 Å². The maximum atomic E-state index is 13.2. The van der Waals surface area contributed by atoms with Crippen molar-refractivity contribution in [2.75, 3.05) is 20.3 Å². The summed E-state index contributed by atoms with van der Waals surface area (Å²) in [7, 11) is -2.22. The summed E-state index contributed by atoms with van der Waals surface area (Å²) in [6.45, 7) is -0.306. The molecule has 1 atom stereocenters. The van der Waals surface area contributed by atoms with Crippen molar-refractivity contribution < 1.29 is 22.7 Å². The molecular weight excluding hydrogens is 446 g/mol. The number of nitrogens with one attached hydrogen (secondary N) is 1. The first kappa shape index (κ1) is 22.1. The van der Waals surface area contributed by atoms with Crippen LogP contribution in [0.4, 0.5) is 0 Å². The third kappa shape index (κ3) is 5.53. The molecule has 0 aliphatic rings. The molecule has 1 N–H and O–H groups in total. The number of carbonyl (C=O) groups excluding carboxylic acids is 1. The molecule has 3 rings (SSSR count). The molecule has 3 aromatic rings. The molecule has 9 heteroatoms. The van der Waals surface area contributed by atoms with Gasteiger partial charge in [0.25, 0.3) is 5.91 Å². The van der Waals surface area contributed by atoms with Crippen molar-refractivity contribution in [1.29, 1.82) is 0 Å². The van der Waals surface area contributed by atoms with E-state index in [2.05, 4.69) is 5.32 Å². The molecule has 0 unspecified atom stereocenters. The van der Waals surface area contributed by atoms with Crippen LogP contribution in [0.5, 0.6) is 11.5 Å². The number of hydrogen-bond donors (Lipinski definition) is 1. The van der Waals surface area contributed by atoms with Gasteiger partial charge in [-0.2, -0.15) is 0 Å². The zero-order valence-electron chi connectivity index (χ0n) is 16.1. The number of carbonyl (C=O) groups is 1. The number of benzene rings is 2. The maximum Gasteiger partial charge on any atom is 0.257 e. The predicted molar refractivity (Wildman–Crippen MR) is 117 cm³/mol. The van der Waals surface area contributed by atoms with Crippen molar-refractivity contribution in [2.45, 2.75) is 10.1 Å². The third-order valence-electron chi connectivity index (χ3n) is 4.29. The molecule has 0 radical (unpaired) electrons. The fraction of sp³-hybridized carbons (Fsp3) is 0.190. The van der Waals surface area contributed by atoms with Crippen LogP contribution in [-0.4, -0.2) is 34.6 Å². The van der Waals surface area contributed by atoms with Crippen molar-refractivity contribution >= 4 is 38.7 Å². The summed E-state index contributed by atoms with van der Waals surface area (Å²) < 4.78 is 37.0. The van der Waals surface area contributed by atoms with Crippen LogP contribution in [0, 0.1) is 0 Å². The van der Waals surface area contributed by atoms with E-state index in [0.717, 1.165) is 0 Å². The molecule has 0 bridgehead atoms. The van der Waals surface area contributed by atoms with Gasteiger partial charge >= 0.3 is 0 Å². The van der Waals surface area contributed by atoms with Crippen LogP contribution >= 0.6 is 22.9 Å². The number of hydrogen-bond acceptors (Lipinski definition) is 6. The van der Waals surface area contributed by atoms with E-state index in [9.17, 15) is 13.2 Å². The Morgan fingerprint density at radius 3 is 2.33 bits per heavy atom. The summed E-state index contributed by atoms with van der Waals surface area (Å²) in [4.78, 5) is 13.0. The first-order valence-corrected chi connectivity index (χ1v) is 11.8. The Kier molecular flexibility index (Phi) is 7.36. The number of thiophene rings is 1. The molecule has 6 nitrogen and oxygen atoms in total. The van der Waals surface area contributed by atoms with Gasteiger partial charge in [0.15, 0.2) is 16.4 Å². The van der Waals surface area contributed by atoms with Crippen molar-refractivity contribution in [3.8, 4) is 11.5 Å². The summed E-state index contributed by atoms with van der Waals surface area (Å²) in [6, 6.07) is 16.3. The Balaban J connectivity index is 1.69. The van der Waals surface area contributed by atoms with Crippen molar-refractivity contribution in [2.24, 2.45) is 0 Å². The highest BCUT2D eigenvalue weighted by Crippen LogP contribution is 2.32. The minimum Gasteiger partial charge on any atom is -0.497 e. The van der Waals surface area contributed by atoms with Gasteiger partial charge in [0.05, 0.1) is 12.0 Å². The van der Waals surface area contributed by atoms with E-state index in [0.29, 0.717) is 21.4 Å². The molecular formula is C21H20ClNO5S2. The normalized spacial score (nSPS) is 12.2. The average molecular weight is 466 g/mol. The van der Waals surface area contributed by atoms with E-state index in [1.807, 2.05) is 0 Å². The number of methoxy groups -OCH3 is 1. The van der Waals surface area contributed by atoms with Gasteiger partial charge in [-0.05, 0) is 60.0 Å². The standard InChI is InChI=1S/C21H20ClNO5S2/c1-27-16-8-10-18(11-9-16)30(25,26)20(19-3-2-12-29-19)13-23-21(24)14-28-17-6-4-15(22)5-7-17/h2-12,20H,13-14H2,1H3,(H,23,24)/t20-/m0/s1. The molecule has 30 heavy (non-hydrogen) atoms. The number of amides is 1. The van der Waals surface area contributed by atoms with Crippen LogP contribution in [0.15, 0.2) is 70.9 Å². The molecule has 0 aliphatic carbocycles. The fourth-order valence-corrected chi connectivity index (χ4v) is 5.61.